The molecule has 0 fully saturated rings. The molecular weight excluding hydrogens is 446 g/mol. The summed E-state index contributed by atoms with van der Waals surface area (Å²) in [5.74, 6) is 0.411. The predicted molar refractivity (Wildman–Crippen MR) is 135 cm³/mol. The number of hydrogen-bond acceptors (Lipinski definition) is 5. The van der Waals surface area contributed by atoms with Crippen molar-refractivity contribution in [2.45, 2.75) is 26.5 Å². The molecule has 0 aliphatic carbocycles. The van der Waals surface area contributed by atoms with E-state index in [1.807, 2.05) is 66.9 Å². The summed E-state index contributed by atoms with van der Waals surface area (Å²) < 4.78 is 5.78. The highest BCUT2D eigenvalue weighted by Gasteiger charge is 2.12. The van der Waals surface area contributed by atoms with E-state index in [-0.39, 0.29) is 17.9 Å². The minimum absolute atomic E-state index is 0.0630. The number of anilines is 1. The monoisotopic (exact) mass is 471 g/mol. The Morgan fingerprint density at radius 3 is 2.35 bits per heavy atom. The van der Waals surface area contributed by atoms with Gasteiger partial charge in [-0.15, -0.1) is 11.3 Å². The number of carbonyl (C=O) groups excluding carboxylic acids is 2. The minimum atomic E-state index is -0.227. The maximum atomic E-state index is 12.6. The summed E-state index contributed by atoms with van der Waals surface area (Å²) in [5.41, 5.74) is 4.35. The van der Waals surface area contributed by atoms with Crippen molar-refractivity contribution in [2.75, 3.05) is 5.32 Å². The third-order valence-corrected chi connectivity index (χ3v) is 5.97. The fourth-order valence-electron chi connectivity index (χ4n) is 3.41. The molecule has 1 atom stereocenters. The Morgan fingerprint density at radius 2 is 1.68 bits per heavy atom. The van der Waals surface area contributed by atoms with Gasteiger partial charge in [0.1, 0.15) is 12.4 Å². The zero-order valence-electron chi connectivity index (χ0n) is 18.9. The first-order valence-electron chi connectivity index (χ1n) is 10.9. The van der Waals surface area contributed by atoms with Gasteiger partial charge >= 0.3 is 0 Å². The number of nitrogens with zero attached hydrogens (tertiary/aromatic N) is 1. The van der Waals surface area contributed by atoms with E-state index in [4.69, 9.17) is 4.74 Å². The number of thiazole rings is 1. The van der Waals surface area contributed by atoms with Crippen LogP contribution in [-0.2, 0) is 11.4 Å². The summed E-state index contributed by atoms with van der Waals surface area (Å²) in [5, 5.41) is 8.16. The van der Waals surface area contributed by atoms with Crippen molar-refractivity contribution < 1.29 is 14.3 Å². The molecule has 2 amide bonds. The van der Waals surface area contributed by atoms with Crippen molar-refractivity contribution in [2.24, 2.45) is 0 Å². The van der Waals surface area contributed by atoms with Gasteiger partial charge < -0.3 is 10.1 Å². The van der Waals surface area contributed by atoms with Gasteiger partial charge in [0.25, 0.3) is 5.91 Å². The van der Waals surface area contributed by atoms with Gasteiger partial charge in [-0.25, -0.2) is 4.98 Å². The summed E-state index contributed by atoms with van der Waals surface area (Å²) in [4.78, 5) is 28.4. The van der Waals surface area contributed by atoms with Gasteiger partial charge in [-0.1, -0.05) is 54.6 Å². The largest absolute Gasteiger partial charge is 0.489 e. The topological polar surface area (TPSA) is 80.3 Å². The van der Waals surface area contributed by atoms with E-state index in [9.17, 15) is 9.59 Å². The molecule has 2 N–H and O–H groups in total. The van der Waals surface area contributed by atoms with Crippen molar-refractivity contribution in [3.05, 3.63) is 101 Å². The molecule has 7 heteroatoms. The Morgan fingerprint density at radius 1 is 0.971 bits per heavy atom. The van der Waals surface area contributed by atoms with E-state index in [0.29, 0.717) is 23.1 Å². The first kappa shape index (κ1) is 23.2. The lowest BCUT2D eigenvalue weighted by Gasteiger charge is -2.13. The number of amides is 2. The van der Waals surface area contributed by atoms with Crippen LogP contribution in [0.1, 0.15) is 41.4 Å². The summed E-state index contributed by atoms with van der Waals surface area (Å²) in [6.45, 7) is 3.92. The molecule has 6 nitrogen and oxygen atoms in total. The maximum Gasteiger partial charge on any atom is 0.257 e. The van der Waals surface area contributed by atoms with Crippen LogP contribution < -0.4 is 15.4 Å². The van der Waals surface area contributed by atoms with Crippen molar-refractivity contribution in [3.8, 4) is 17.0 Å². The molecule has 4 rings (SSSR count). The first-order chi connectivity index (χ1) is 16.5. The molecule has 3 aromatic carbocycles. The first-order valence-corrected chi connectivity index (χ1v) is 11.8. The molecule has 0 saturated carbocycles. The highest BCUT2D eigenvalue weighted by atomic mass is 32.1. The number of ether oxygens (including phenoxy) is 1. The predicted octanol–water partition coefficient (Wildman–Crippen LogP) is 5.84. The zero-order valence-corrected chi connectivity index (χ0v) is 19.8. The Bertz CT molecular complexity index is 1250. The van der Waals surface area contributed by atoms with Crippen LogP contribution in [0.2, 0.25) is 0 Å². The summed E-state index contributed by atoms with van der Waals surface area (Å²) in [6, 6.07) is 24.8. The van der Waals surface area contributed by atoms with E-state index in [2.05, 4.69) is 15.6 Å². The molecule has 4 aromatic rings. The average molecular weight is 472 g/mol. The van der Waals surface area contributed by atoms with Crippen molar-refractivity contribution in [1.29, 1.82) is 0 Å². The fourth-order valence-corrected chi connectivity index (χ4v) is 4.12. The van der Waals surface area contributed by atoms with Crippen LogP contribution in [0.4, 0.5) is 5.13 Å². The molecule has 0 radical (unpaired) electrons. The Kier molecular flexibility index (Phi) is 7.34. The highest BCUT2D eigenvalue weighted by Crippen LogP contribution is 2.27. The molecule has 0 aliphatic rings. The zero-order chi connectivity index (χ0) is 23.9. The molecule has 1 heterocycles. The van der Waals surface area contributed by atoms with E-state index < -0.39 is 0 Å². The third-order valence-electron chi connectivity index (χ3n) is 5.22. The van der Waals surface area contributed by atoms with Crippen molar-refractivity contribution >= 4 is 28.3 Å². The maximum absolute atomic E-state index is 12.6. The van der Waals surface area contributed by atoms with E-state index in [0.717, 1.165) is 22.4 Å². The summed E-state index contributed by atoms with van der Waals surface area (Å²) in [7, 11) is 0. The quantitative estimate of drug-likeness (QED) is 0.338. The second-order valence-electron chi connectivity index (χ2n) is 7.83. The van der Waals surface area contributed by atoms with Crippen LogP contribution in [0.5, 0.6) is 5.75 Å². The second-order valence-corrected chi connectivity index (χ2v) is 8.69. The SMILES string of the molecule is CC(=O)NC(C)c1ccc(-c2csc(NC(=O)c3ccc(OCc4ccccc4)cc3)n2)cc1. The number of carbonyl (C=O) groups is 2. The van der Waals surface area contributed by atoms with Crippen LogP contribution in [0.15, 0.2) is 84.2 Å². The molecule has 0 spiro atoms. The lowest BCUT2D eigenvalue weighted by Crippen LogP contribution is -2.23. The van der Waals surface area contributed by atoms with Gasteiger partial charge in [0, 0.05) is 23.4 Å². The average Bonchev–Trinajstić information content (AvgIpc) is 3.32. The van der Waals surface area contributed by atoms with E-state index in [1.165, 1.54) is 18.3 Å². The third kappa shape index (κ3) is 6.08. The lowest BCUT2D eigenvalue weighted by atomic mass is 10.1. The highest BCUT2D eigenvalue weighted by molar-refractivity contribution is 7.14. The van der Waals surface area contributed by atoms with Crippen LogP contribution in [-0.4, -0.2) is 16.8 Å². The van der Waals surface area contributed by atoms with Crippen molar-refractivity contribution in [1.82, 2.24) is 10.3 Å². The molecular formula is C27H25N3O3S. The number of benzene rings is 3. The van der Waals surface area contributed by atoms with Gasteiger partial charge in [-0.3, -0.25) is 14.9 Å². The Labute approximate surface area is 202 Å². The summed E-state index contributed by atoms with van der Waals surface area (Å²) in [6.07, 6.45) is 0. The molecule has 0 bridgehead atoms. The number of rotatable bonds is 8. The number of hydrogen-bond donors (Lipinski definition) is 2. The summed E-state index contributed by atoms with van der Waals surface area (Å²) >= 11 is 1.37. The fraction of sp³-hybridized carbons (Fsp3) is 0.148. The molecule has 1 unspecified atom stereocenters. The van der Waals surface area contributed by atoms with Gasteiger partial charge in [-0.2, -0.15) is 0 Å². The minimum Gasteiger partial charge on any atom is -0.489 e. The van der Waals surface area contributed by atoms with Gasteiger partial charge in [0.15, 0.2) is 5.13 Å². The van der Waals surface area contributed by atoms with Gasteiger partial charge in [0.05, 0.1) is 11.7 Å². The molecule has 0 aliphatic heterocycles. The normalized spacial score (nSPS) is 11.5. The second kappa shape index (κ2) is 10.8. The van der Waals surface area contributed by atoms with Crippen molar-refractivity contribution in [3.63, 3.8) is 0 Å². The van der Waals surface area contributed by atoms with Gasteiger partial charge in [-0.05, 0) is 42.3 Å². The number of aromatic nitrogens is 1. The van der Waals surface area contributed by atoms with Crippen LogP contribution in [0.3, 0.4) is 0 Å². The van der Waals surface area contributed by atoms with Crippen LogP contribution in [0.25, 0.3) is 11.3 Å². The van der Waals surface area contributed by atoms with Gasteiger partial charge in [0.2, 0.25) is 5.91 Å². The lowest BCUT2D eigenvalue weighted by molar-refractivity contribution is -0.119. The molecule has 172 valence electrons. The Hall–Kier alpha value is -3.97. The molecule has 1 aromatic heterocycles. The van der Waals surface area contributed by atoms with E-state index in [1.54, 1.807) is 24.3 Å². The standard InChI is InChI=1S/C27H25N3O3S/c1-18(28-19(2)31)21-8-10-22(11-9-21)25-17-34-27(29-25)30-26(32)23-12-14-24(15-13-23)33-16-20-6-4-3-5-7-20/h3-15,17-18H,16H2,1-2H3,(H,28,31)(H,29,30,32). The Balaban J connectivity index is 1.34. The van der Waals surface area contributed by atoms with Crippen LogP contribution >= 0.6 is 11.3 Å². The van der Waals surface area contributed by atoms with E-state index >= 15 is 0 Å². The molecule has 34 heavy (non-hydrogen) atoms. The molecule has 0 saturated heterocycles. The number of nitrogens with one attached hydrogen (secondary N) is 2. The van der Waals surface area contributed by atoms with Crippen LogP contribution in [0, 0.1) is 0 Å². The smallest absolute Gasteiger partial charge is 0.257 e.